The van der Waals surface area contributed by atoms with Gasteiger partial charge in [0.05, 0.1) is 15.7 Å². The molecule has 0 fully saturated rings. The molecule has 0 radical (unpaired) electrons. The first-order valence-electron chi connectivity index (χ1n) is 3.72. The fourth-order valence-corrected chi connectivity index (χ4v) is 2.44. The van der Waals surface area contributed by atoms with Gasteiger partial charge in [-0.25, -0.2) is 4.79 Å². The van der Waals surface area contributed by atoms with E-state index < -0.39 is 21.1 Å². The van der Waals surface area contributed by atoms with Gasteiger partial charge in [-0.1, -0.05) is 23.2 Å². The molecule has 0 atom stereocenters. The molecule has 1 rings (SSSR count). The van der Waals surface area contributed by atoms with E-state index in [1.54, 1.807) is 0 Å². The predicted octanol–water partition coefficient (Wildman–Crippen LogP) is 1.36. The molecular weight excluding hydrogens is 279 g/mol. The molecule has 0 heterocycles. The third kappa shape index (κ3) is 2.69. The summed E-state index contributed by atoms with van der Waals surface area (Å²) in [6.45, 7) is 0. The zero-order valence-corrected chi connectivity index (χ0v) is 9.93. The van der Waals surface area contributed by atoms with Crippen LogP contribution in [-0.2, 0) is 14.3 Å². The normalized spacial score (nSPS) is 11.1. The quantitative estimate of drug-likeness (QED) is 0.629. The maximum atomic E-state index is 11.4. The Bertz CT molecular complexity index is 544. The van der Waals surface area contributed by atoms with Crippen molar-refractivity contribution in [3.05, 3.63) is 22.2 Å². The Kier molecular flexibility index (Phi) is 3.51. The van der Waals surface area contributed by atoms with Crippen LogP contribution in [0.2, 0.25) is 10.0 Å². The van der Waals surface area contributed by atoms with Crippen LogP contribution in [0.25, 0.3) is 0 Å². The summed E-state index contributed by atoms with van der Waals surface area (Å²) in [5, 5.41) is -0.251. The summed E-state index contributed by atoms with van der Waals surface area (Å²) in [4.78, 5) is 9.89. The first-order chi connectivity index (χ1) is 7.24. The van der Waals surface area contributed by atoms with E-state index in [2.05, 4.69) is 9.92 Å². The largest absolute Gasteiger partial charge is 0.420 e. The maximum Gasteiger partial charge on any atom is 0.420 e. The van der Waals surface area contributed by atoms with Crippen molar-refractivity contribution in [2.24, 2.45) is 5.73 Å². The van der Waals surface area contributed by atoms with E-state index in [0.717, 1.165) is 12.1 Å². The number of primary amides is 1. The summed E-state index contributed by atoms with van der Waals surface area (Å²) < 4.78 is 26.8. The summed E-state index contributed by atoms with van der Waals surface area (Å²) in [6, 6.07) is 2.10. The van der Waals surface area contributed by atoms with Gasteiger partial charge in [0, 0.05) is 0 Å². The highest BCUT2D eigenvalue weighted by atomic mass is 35.5. The minimum Gasteiger partial charge on any atom is -0.397 e. The highest BCUT2D eigenvalue weighted by Gasteiger charge is 2.23. The van der Waals surface area contributed by atoms with Gasteiger partial charge in [0.15, 0.2) is 0 Å². The Morgan fingerprint density at radius 3 is 2.31 bits per heavy atom. The number of carbonyl (C=O) groups is 1. The number of benzene rings is 1. The van der Waals surface area contributed by atoms with E-state index in [1.807, 2.05) is 0 Å². The van der Waals surface area contributed by atoms with E-state index in [1.165, 1.54) is 0 Å². The molecule has 0 aromatic heterocycles. The lowest BCUT2D eigenvalue weighted by Gasteiger charge is -2.07. The number of amides is 1. The molecule has 1 amide bonds. The fraction of sp³-hybridized carbons (Fsp3) is 0. The smallest absolute Gasteiger partial charge is 0.397 e. The monoisotopic (exact) mass is 284 g/mol. The van der Waals surface area contributed by atoms with Crippen LogP contribution in [-0.4, -0.2) is 14.5 Å². The molecule has 0 aliphatic heterocycles. The summed E-state index contributed by atoms with van der Waals surface area (Å²) >= 11 is 11.2. The highest BCUT2D eigenvalue weighted by molar-refractivity contribution is 7.87. The predicted molar refractivity (Wildman–Crippen MR) is 58.7 cm³/mol. The second-order valence-corrected chi connectivity index (χ2v) is 4.99. The van der Waals surface area contributed by atoms with E-state index >= 15 is 0 Å². The Morgan fingerprint density at radius 2 is 1.81 bits per heavy atom. The summed E-state index contributed by atoms with van der Waals surface area (Å²) in [5.41, 5.74) is 10.1. The third-order valence-electron chi connectivity index (χ3n) is 1.51. The van der Waals surface area contributed by atoms with Gasteiger partial charge in [-0.15, -0.1) is 0 Å². The molecule has 0 unspecified atom stereocenters. The molecule has 1 aromatic rings. The fourth-order valence-electron chi connectivity index (χ4n) is 0.889. The summed E-state index contributed by atoms with van der Waals surface area (Å²) in [6.07, 6.45) is -1.47. The second-order valence-electron chi connectivity index (χ2n) is 2.66. The first-order valence-corrected chi connectivity index (χ1v) is 5.89. The SMILES string of the molecule is NC(=O)OS(=O)(=O)c1cc(Cl)c(N)cc1Cl. The summed E-state index contributed by atoms with van der Waals surface area (Å²) in [5.74, 6) is 0. The van der Waals surface area contributed by atoms with Crippen molar-refractivity contribution in [1.82, 2.24) is 0 Å². The van der Waals surface area contributed by atoms with E-state index in [-0.39, 0.29) is 15.7 Å². The van der Waals surface area contributed by atoms with Crippen LogP contribution >= 0.6 is 23.2 Å². The van der Waals surface area contributed by atoms with Crippen molar-refractivity contribution in [2.75, 3.05) is 5.73 Å². The molecule has 0 saturated heterocycles. The van der Waals surface area contributed by atoms with Gasteiger partial charge in [0.2, 0.25) is 0 Å². The molecule has 9 heteroatoms. The number of anilines is 1. The van der Waals surface area contributed by atoms with E-state index in [9.17, 15) is 13.2 Å². The van der Waals surface area contributed by atoms with Crippen molar-refractivity contribution < 1.29 is 17.4 Å². The standard InChI is InChI=1S/C7H6Cl2N2O4S/c8-3-2-6(4(9)1-5(3)10)16(13,14)15-7(11)12/h1-2H,10H2,(H2,11,12). The average molecular weight is 285 g/mol. The van der Waals surface area contributed by atoms with Crippen molar-refractivity contribution in [3.8, 4) is 0 Å². The Labute approximate surface area is 101 Å². The lowest BCUT2D eigenvalue weighted by molar-refractivity contribution is 0.213. The Morgan fingerprint density at radius 1 is 1.25 bits per heavy atom. The Balaban J connectivity index is 3.34. The lowest BCUT2D eigenvalue weighted by Crippen LogP contribution is -2.19. The first kappa shape index (κ1) is 12.9. The molecule has 0 spiro atoms. The van der Waals surface area contributed by atoms with Crippen molar-refractivity contribution >= 4 is 45.1 Å². The van der Waals surface area contributed by atoms with Crippen LogP contribution in [0.3, 0.4) is 0 Å². The van der Waals surface area contributed by atoms with Crippen LogP contribution < -0.4 is 11.5 Å². The van der Waals surface area contributed by atoms with Gasteiger partial charge in [-0.05, 0) is 12.1 Å². The molecule has 88 valence electrons. The number of halogens is 2. The number of carbonyl (C=O) groups excluding carboxylic acids is 1. The zero-order valence-electron chi connectivity index (χ0n) is 7.61. The van der Waals surface area contributed by atoms with E-state index in [0.29, 0.717) is 0 Å². The molecule has 0 aliphatic rings. The van der Waals surface area contributed by atoms with Gasteiger partial charge in [-0.3, -0.25) is 0 Å². The molecule has 1 aromatic carbocycles. The zero-order chi connectivity index (χ0) is 12.5. The number of rotatable bonds is 2. The topological polar surface area (TPSA) is 112 Å². The van der Waals surface area contributed by atoms with Crippen LogP contribution in [0.1, 0.15) is 0 Å². The molecule has 4 N–H and O–H groups in total. The van der Waals surface area contributed by atoms with Gasteiger partial charge in [0.1, 0.15) is 4.90 Å². The van der Waals surface area contributed by atoms with Gasteiger partial charge in [0.25, 0.3) is 0 Å². The van der Waals surface area contributed by atoms with Crippen molar-refractivity contribution in [3.63, 3.8) is 0 Å². The van der Waals surface area contributed by atoms with E-state index in [4.69, 9.17) is 28.9 Å². The molecule has 0 aliphatic carbocycles. The lowest BCUT2D eigenvalue weighted by atomic mass is 10.3. The molecule has 6 nitrogen and oxygen atoms in total. The van der Waals surface area contributed by atoms with Crippen LogP contribution in [0, 0.1) is 0 Å². The summed E-state index contributed by atoms with van der Waals surface area (Å²) in [7, 11) is -4.38. The van der Waals surface area contributed by atoms with Crippen LogP contribution in [0.15, 0.2) is 17.0 Å². The number of nitrogens with two attached hydrogens (primary N) is 2. The van der Waals surface area contributed by atoms with Gasteiger partial charge < -0.3 is 15.7 Å². The maximum absolute atomic E-state index is 11.4. The Hall–Kier alpha value is -1.18. The third-order valence-corrected chi connectivity index (χ3v) is 3.52. The minimum absolute atomic E-state index is 0.0314. The molecule has 0 bridgehead atoms. The van der Waals surface area contributed by atoms with Gasteiger partial charge >= 0.3 is 16.2 Å². The molecule has 0 saturated carbocycles. The van der Waals surface area contributed by atoms with Gasteiger partial charge in [-0.2, -0.15) is 8.42 Å². The van der Waals surface area contributed by atoms with Crippen molar-refractivity contribution in [1.29, 1.82) is 0 Å². The minimum atomic E-state index is -4.38. The average Bonchev–Trinajstić information content (AvgIpc) is 2.08. The highest BCUT2D eigenvalue weighted by Crippen LogP contribution is 2.30. The van der Waals surface area contributed by atoms with Crippen molar-refractivity contribution in [2.45, 2.75) is 4.90 Å². The number of hydrogen-bond donors (Lipinski definition) is 2. The molecule has 16 heavy (non-hydrogen) atoms. The number of nitrogen functional groups attached to an aromatic ring is 1. The van der Waals surface area contributed by atoms with Crippen LogP contribution in [0.5, 0.6) is 0 Å². The van der Waals surface area contributed by atoms with Crippen LogP contribution in [0.4, 0.5) is 10.5 Å². The second kappa shape index (κ2) is 4.36. The number of hydrogen-bond acceptors (Lipinski definition) is 5. The molecular formula is C7H6Cl2N2O4S.